The summed E-state index contributed by atoms with van der Waals surface area (Å²) in [5, 5.41) is 3.24. The lowest BCUT2D eigenvalue weighted by molar-refractivity contribution is 1.20. The van der Waals surface area contributed by atoms with Gasteiger partial charge in [-0.05, 0) is 25.0 Å². The molecule has 1 heterocycles. The fourth-order valence-corrected chi connectivity index (χ4v) is 1.54. The number of nitrogens with two attached hydrogens (primary N) is 1. The molecule has 0 saturated heterocycles. The van der Waals surface area contributed by atoms with Crippen LogP contribution in [0.25, 0.3) is 0 Å². The van der Waals surface area contributed by atoms with Crippen molar-refractivity contribution in [1.82, 2.24) is 9.97 Å². The van der Waals surface area contributed by atoms with Gasteiger partial charge in [0.05, 0.1) is 12.4 Å². The fraction of sp³-hybridized carbons (Fsp3) is 0.167. The molecule has 1 aromatic heterocycles. The second-order valence-corrected chi connectivity index (χ2v) is 3.72. The number of para-hydroxylation sites is 1. The van der Waals surface area contributed by atoms with E-state index in [0.717, 1.165) is 5.69 Å². The van der Waals surface area contributed by atoms with E-state index >= 15 is 0 Å². The van der Waals surface area contributed by atoms with Gasteiger partial charge in [0.25, 0.3) is 0 Å². The van der Waals surface area contributed by atoms with Gasteiger partial charge in [-0.15, -0.1) is 0 Å². The molecule has 0 spiro atoms. The van der Waals surface area contributed by atoms with Crippen LogP contribution in [0.1, 0.15) is 11.1 Å². The average Bonchev–Trinajstić information content (AvgIpc) is 2.26. The summed E-state index contributed by atoms with van der Waals surface area (Å²) in [6, 6.07) is 6.14. The van der Waals surface area contributed by atoms with Gasteiger partial charge >= 0.3 is 0 Å². The molecule has 1 aromatic carbocycles. The van der Waals surface area contributed by atoms with Gasteiger partial charge < -0.3 is 11.1 Å². The lowest BCUT2D eigenvalue weighted by Gasteiger charge is -2.11. The smallest absolute Gasteiger partial charge is 0.149 e. The highest BCUT2D eigenvalue weighted by atomic mass is 15.0. The van der Waals surface area contributed by atoms with Gasteiger partial charge in [-0.3, -0.25) is 0 Å². The first-order chi connectivity index (χ1) is 7.66. The first-order valence-corrected chi connectivity index (χ1v) is 5.07. The number of hydrogen-bond acceptors (Lipinski definition) is 4. The summed E-state index contributed by atoms with van der Waals surface area (Å²) in [6.07, 6.45) is 3.16. The zero-order valence-electron chi connectivity index (χ0n) is 9.36. The molecule has 0 aliphatic heterocycles. The van der Waals surface area contributed by atoms with Gasteiger partial charge in [-0.1, -0.05) is 18.2 Å². The third kappa shape index (κ3) is 2.11. The van der Waals surface area contributed by atoms with Crippen LogP contribution in [-0.2, 0) is 0 Å². The Bertz CT molecular complexity index is 471. The van der Waals surface area contributed by atoms with Crippen molar-refractivity contribution in [3.05, 3.63) is 41.7 Å². The number of rotatable bonds is 2. The van der Waals surface area contributed by atoms with Crippen LogP contribution in [0, 0.1) is 13.8 Å². The first kappa shape index (κ1) is 10.4. The van der Waals surface area contributed by atoms with Gasteiger partial charge in [0, 0.05) is 5.69 Å². The van der Waals surface area contributed by atoms with Crippen molar-refractivity contribution in [2.24, 2.45) is 0 Å². The first-order valence-electron chi connectivity index (χ1n) is 5.07. The van der Waals surface area contributed by atoms with Crippen molar-refractivity contribution >= 4 is 17.3 Å². The highest BCUT2D eigenvalue weighted by molar-refractivity contribution is 5.64. The molecule has 3 N–H and O–H groups in total. The van der Waals surface area contributed by atoms with Crippen LogP contribution in [0.5, 0.6) is 0 Å². The van der Waals surface area contributed by atoms with E-state index in [1.807, 2.05) is 6.07 Å². The molecule has 16 heavy (non-hydrogen) atoms. The van der Waals surface area contributed by atoms with Crippen LogP contribution in [0.4, 0.5) is 17.3 Å². The molecule has 4 heteroatoms. The molecular weight excluding hydrogens is 200 g/mol. The van der Waals surface area contributed by atoms with Crippen LogP contribution in [0.3, 0.4) is 0 Å². The highest BCUT2D eigenvalue weighted by Gasteiger charge is 2.02. The summed E-state index contributed by atoms with van der Waals surface area (Å²) >= 11 is 0. The van der Waals surface area contributed by atoms with E-state index in [1.54, 1.807) is 6.20 Å². The molecule has 82 valence electrons. The summed E-state index contributed by atoms with van der Waals surface area (Å²) in [5.41, 5.74) is 8.91. The Balaban J connectivity index is 2.30. The minimum atomic E-state index is 0.423. The standard InChI is InChI=1S/C12H14N4/c1-8-4-3-5-9(2)12(8)16-11-7-14-10(13)6-15-11/h3-7H,1-2H3,(H2,13,14)(H,15,16). The molecule has 4 nitrogen and oxygen atoms in total. The number of nitrogens with zero attached hydrogens (tertiary/aromatic N) is 2. The van der Waals surface area contributed by atoms with Crippen LogP contribution in [0.15, 0.2) is 30.6 Å². The monoisotopic (exact) mass is 214 g/mol. The quantitative estimate of drug-likeness (QED) is 0.805. The SMILES string of the molecule is Cc1cccc(C)c1Nc1cnc(N)cn1. The topological polar surface area (TPSA) is 63.8 Å². The Morgan fingerprint density at radius 3 is 2.31 bits per heavy atom. The molecule has 0 bridgehead atoms. The summed E-state index contributed by atoms with van der Waals surface area (Å²) in [4.78, 5) is 8.14. The summed E-state index contributed by atoms with van der Waals surface area (Å²) in [5.74, 6) is 1.12. The Kier molecular flexibility index (Phi) is 2.72. The van der Waals surface area contributed by atoms with Gasteiger partial charge in [-0.2, -0.15) is 0 Å². The van der Waals surface area contributed by atoms with Crippen molar-refractivity contribution in [2.75, 3.05) is 11.1 Å². The van der Waals surface area contributed by atoms with Crippen molar-refractivity contribution < 1.29 is 0 Å². The molecule has 0 radical (unpaired) electrons. The predicted octanol–water partition coefficient (Wildman–Crippen LogP) is 2.42. The maximum Gasteiger partial charge on any atom is 0.149 e. The Morgan fingerprint density at radius 1 is 1.06 bits per heavy atom. The van der Waals surface area contributed by atoms with Crippen molar-refractivity contribution in [2.45, 2.75) is 13.8 Å². The Morgan fingerprint density at radius 2 is 1.75 bits per heavy atom. The van der Waals surface area contributed by atoms with Crippen LogP contribution in [-0.4, -0.2) is 9.97 Å². The van der Waals surface area contributed by atoms with Gasteiger partial charge in [0.1, 0.15) is 11.6 Å². The van der Waals surface area contributed by atoms with Crippen LogP contribution < -0.4 is 11.1 Å². The molecule has 0 aliphatic carbocycles. The number of hydrogen-bond donors (Lipinski definition) is 2. The van der Waals surface area contributed by atoms with E-state index in [4.69, 9.17) is 5.73 Å². The predicted molar refractivity (Wildman–Crippen MR) is 65.6 cm³/mol. The van der Waals surface area contributed by atoms with Crippen molar-refractivity contribution in [3.8, 4) is 0 Å². The molecular formula is C12H14N4. The lowest BCUT2D eigenvalue weighted by atomic mass is 10.1. The van der Waals surface area contributed by atoms with E-state index in [2.05, 4.69) is 41.3 Å². The largest absolute Gasteiger partial charge is 0.382 e. The average molecular weight is 214 g/mol. The van der Waals surface area contributed by atoms with Crippen molar-refractivity contribution in [3.63, 3.8) is 0 Å². The minimum absolute atomic E-state index is 0.423. The van der Waals surface area contributed by atoms with Gasteiger partial charge in [-0.25, -0.2) is 9.97 Å². The molecule has 0 atom stereocenters. The molecule has 0 aliphatic rings. The molecule has 0 unspecified atom stereocenters. The molecule has 2 rings (SSSR count). The molecule has 0 fully saturated rings. The van der Waals surface area contributed by atoms with Crippen molar-refractivity contribution in [1.29, 1.82) is 0 Å². The van der Waals surface area contributed by atoms with E-state index in [9.17, 15) is 0 Å². The van der Waals surface area contributed by atoms with E-state index in [-0.39, 0.29) is 0 Å². The second kappa shape index (κ2) is 4.18. The summed E-state index contributed by atoms with van der Waals surface area (Å²) < 4.78 is 0. The zero-order valence-corrected chi connectivity index (χ0v) is 9.36. The number of nitrogens with one attached hydrogen (secondary N) is 1. The van der Waals surface area contributed by atoms with E-state index < -0.39 is 0 Å². The third-order valence-corrected chi connectivity index (χ3v) is 2.41. The third-order valence-electron chi connectivity index (χ3n) is 2.41. The zero-order chi connectivity index (χ0) is 11.5. The number of anilines is 3. The van der Waals surface area contributed by atoms with E-state index in [0.29, 0.717) is 11.6 Å². The summed E-state index contributed by atoms with van der Waals surface area (Å²) in [6.45, 7) is 4.11. The Labute approximate surface area is 94.5 Å². The Hall–Kier alpha value is -2.10. The van der Waals surface area contributed by atoms with Crippen LogP contribution >= 0.6 is 0 Å². The molecule has 2 aromatic rings. The fourth-order valence-electron chi connectivity index (χ4n) is 1.54. The molecule has 0 saturated carbocycles. The lowest BCUT2D eigenvalue weighted by Crippen LogP contribution is -2.00. The van der Waals surface area contributed by atoms with Crippen LogP contribution in [0.2, 0.25) is 0 Å². The molecule has 0 amide bonds. The maximum absolute atomic E-state index is 5.48. The normalized spacial score (nSPS) is 10.1. The summed E-state index contributed by atoms with van der Waals surface area (Å²) in [7, 11) is 0. The van der Waals surface area contributed by atoms with E-state index in [1.165, 1.54) is 17.3 Å². The number of aromatic nitrogens is 2. The number of benzene rings is 1. The minimum Gasteiger partial charge on any atom is -0.382 e. The highest BCUT2D eigenvalue weighted by Crippen LogP contribution is 2.22. The van der Waals surface area contributed by atoms with Gasteiger partial charge in [0.15, 0.2) is 0 Å². The number of nitrogen functional groups attached to an aromatic ring is 1. The maximum atomic E-state index is 5.48. The second-order valence-electron chi connectivity index (χ2n) is 3.72. The van der Waals surface area contributed by atoms with Gasteiger partial charge in [0.2, 0.25) is 0 Å². The number of aryl methyl sites for hydroxylation is 2.